The number of nitrogens with one attached hydrogen (secondary N) is 1. The van der Waals surface area contributed by atoms with Crippen molar-refractivity contribution in [2.24, 2.45) is 0 Å². The number of benzene rings is 1. The number of ether oxygens (including phenoxy) is 1. The molecule has 20 heavy (non-hydrogen) atoms. The van der Waals surface area contributed by atoms with E-state index < -0.39 is 0 Å². The molecule has 0 aliphatic carbocycles. The van der Waals surface area contributed by atoms with E-state index in [1.165, 1.54) is 11.9 Å². The molecule has 2 rings (SSSR count). The number of rotatable bonds is 7. The van der Waals surface area contributed by atoms with E-state index in [-0.39, 0.29) is 5.91 Å². The second kappa shape index (κ2) is 7.28. The minimum absolute atomic E-state index is 0.0204. The fourth-order valence-corrected chi connectivity index (χ4v) is 1.65. The van der Waals surface area contributed by atoms with Crippen LogP contribution >= 0.6 is 0 Å². The van der Waals surface area contributed by atoms with Gasteiger partial charge in [-0.05, 0) is 19.1 Å². The lowest BCUT2D eigenvalue weighted by molar-refractivity contribution is -0.121. The normalized spacial score (nSPS) is 10.2. The topological polar surface area (TPSA) is 69.0 Å². The van der Waals surface area contributed by atoms with Crippen molar-refractivity contribution in [2.75, 3.05) is 13.2 Å². The van der Waals surface area contributed by atoms with Gasteiger partial charge in [0.15, 0.2) is 0 Å². The zero-order valence-electron chi connectivity index (χ0n) is 11.5. The quantitative estimate of drug-likeness (QED) is 0.770. The van der Waals surface area contributed by atoms with E-state index in [1.807, 2.05) is 31.2 Å². The standard InChI is InChI=1S/C14H18N4O2/c1-12-2-4-13(5-3-12)20-9-7-16-14(19)6-8-18-11-15-10-17-18/h2-5,10-11H,6-9H2,1H3,(H,16,19). The second-order valence-electron chi connectivity index (χ2n) is 4.42. The van der Waals surface area contributed by atoms with Gasteiger partial charge in [0, 0.05) is 6.42 Å². The Balaban J connectivity index is 1.58. The maximum atomic E-state index is 11.6. The van der Waals surface area contributed by atoms with Crippen molar-refractivity contribution in [2.45, 2.75) is 19.9 Å². The summed E-state index contributed by atoms with van der Waals surface area (Å²) in [4.78, 5) is 15.4. The van der Waals surface area contributed by atoms with E-state index in [9.17, 15) is 4.79 Å². The molecule has 106 valence electrons. The van der Waals surface area contributed by atoms with E-state index >= 15 is 0 Å². The van der Waals surface area contributed by atoms with Crippen LogP contribution in [-0.4, -0.2) is 33.8 Å². The molecule has 0 bridgehead atoms. The van der Waals surface area contributed by atoms with Crippen LogP contribution in [0, 0.1) is 6.92 Å². The number of hydrogen-bond donors (Lipinski definition) is 1. The highest BCUT2D eigenvalue weighted by Gasteiger charge is 2.01. The van der Waals surface area contributed by atoms with Crippen LogP contribution in [0.2, 0.25) is 0 Å². The summed E-state index contributed by atoms with van der Waals surface area (Å²) in [5, 5.41) is 6.73. The van der Waals surface area contributed by atoms with Gasteiger partial charge in [-0.2, -0.15) is 5.10 Å². The molecule has 1 amide bonds. The number of carbonyl (C=O) groups is 1. The highest BCUT2D eigenvalue weighted by Crippen LogP contribution is 2.10. The maximum Gasteiger partial charge on any atom is 0.221 e. The first-order chi connectivity index (χ1) is 9.74. The Morgan fingerprint density at radius 1 is 1.35 bits per heavy atom. The molecule has 1 aromatic heterocycles. The number of hydrogen-bond acceptors (Lipinski definition) is 4. The first-order valence-electron chi connectivity index (χ1n) is 6.52. The first-order valence-corrected chi connectivity index (χ1v) is 6.52. The van der Waals surface area contributed by atoms with Gasteiger partial charge in [-0.15, -0.1) is 0 Å². The van der Waals surface area contributed by atoms with Gasteiger partial charge in [-0.25, -0.2) is 4.98 Å². The number of amides is 1. The molecule has 0 fully saturated rings. The fraction of sp³-hybridized carbons (Fsp3) is 0.357. The summed E-state index contributed by atoms with van der Waals surface area (Å²) in [5.74, 6) is 0.792. The van der Waals surface area contributed by atoms with Gasteiger partial charge in [-0.3, -0.25) is 9.48 Å². The van der Waals surface area contributed by atoms with E-state index in [1.54, 1.807) is 11.0 Å². The molecule has 0 unspecified atom stereocenters. The molecule has 1 N–H and O–H groups in total. The number of carbonyl (C=O) groups excluding carboxylic acids is 1. The lowest BCUT2D eigenvalue weighted by Gasteiger charge is -2.08. The Hall–Kier alpha value is -2.37. The zero-order chi connectivity index (χ0) is 14.2. The molecule has 0 saturated carbocycles. The minimum Gasteiger partial charge on any atom is -0.492 e. The molecule has 0 saturated heterocycles. The summed E-state index contributed by atoms with van der Waals surface area (Å²) >= 11 is 0. The van der Waals surface area contributed by atoms with Crippen LogP contribution in [0.1, 0.15) is 12.0 Å². The van der Waals surface area contributed by atoms with Crippen LogP contribution in [0.4, 0.5) is 0 Å². The van der Waals surface area contributed by atoms with Crippen molar-refractivity contribution in [1.29, 1.82) is 0 Å². The summed E-state index contributed by atoms with van der Waals surface area (Å²) in [5.41, 5.74) is 1.19. The van der Waals surface area contributed by atoms with Gasteiger partial charge < -0.3 is 10.1 Å². The van der Waals surface area contributed by atoms with Crippen molar-refractivity contribution in [1.82, 2.24) is 20.1 Å². The molecule has 0 aliphatic heterocycles. The summed E-state index contributed by atoms with van der Waals surface area (Å²) < 4.78 is 7.15. The Morgan fingerprint density at radius 2 is 2.15 bits per heavy atom. The van der Waals surface area contributed by atoms with E-state index in [4.69, 9.17) is 4.74 Å². The maximum absolute atomic E-state index is 11.6. The molecule has 0 atom stereocenters. The average Bonchev–Trinajstić information content (AvgIpc) is 2.96. The van der Waals surface area contributed by atoms with Crippen LogP contribution in [-0.2, 0) is 11.3 Å². The molecular weight excluding hydrogens is 256 g/mol. The monoisotopic (exact) mass is 274 g/mol. The summed E-state index contributed by atoms with van der Waals surface area (Å²) in [6.07, 6.45) is 3.43. The van der Waals surface area contributed by atoms with Crippen molar-refractivity contribution in [3.63, 3.8) is 0 Å². The molecule has 6 nitrogen and oxygen atoms in total. The molecule has 0 spiro atoms. The van der Waals surface area contributed by atoms with Crippen LogP contribution < -0.4 is 10.1 Å². The number of aryl methyl sites for hydroxylation is 2. The van der Waals surface area contributed by atoms with Crippen LogP contribution in [0.3, 0.4) is 0 Å². The molecule has 6 heteroatoms. The van der Waals surface area contributed by atoms with Gasteiger partial charge in [0.25, 0.3) is 0 Å². The highest BCUT2D eigenvalue weighted by atomic mass is 16.5. The van der Waals surface area contributed by atoms with Gasteiger partial charge >= 0.3 is 0 Å². The molecule has 0 radical (unpaired) electrons. The second-order valence-corrected chi connectivity index (χ2v) is 4.42. The Bertz CT molecular complexity index is 523. The van der Waals surface area contributed by atoms with Crippen LogP contribution in [0.15, 0.2) is 36.9 Å². The smallest absolute Gasteiger partial charge is 0.221 e. The van der Waals surface area contributed by atoms with E-state index in [2.05, 4.69) is 15.4 Å². The zero-order valence-corrected chi connectivity index (χ0v) is 11.5. The average molecular weight is 274 g/mol. The SMILES string of the molecule is Cc1ccc(OCCNC(=O)CCn2cncn2)cc1. The predicted octanol–water partition coefficient (Wildman–Crippen LogP) is 1.17. The van der Waals surface area contributed by atoms with Crippen molar-refractivity contribution < 1.29 is 9.53 Å². The Labute approximate surface area is 117 Å². The molecule has 1 heterocycles. The van der Waals surface area contributed by atoms with E-state index in [0.717, 1.165) is 5.75 Å². The molecule has 0 aliphatic rings. The van der Waals surface area contributed by atoms with Crippen molar-refractivity contribution >= 4 is 5.91 Å². The Kier molecular flexibility index (Phi) is 5.11. The van der Waals surface area contributed by atoms with Crippen molar-refractivity contribution in [3.05, 3.63) is 42.5 Å². The lowest BCUT2D eigenvalue weighted by Crippen LogP contribution is -2.28. The number of nitrogens with zero attached hydrogens (tertiary/aromatic N) is 3. The first kappa shape index (κ1) is 14.0. The Morgan fingerprint density at radius 3 is 2.85 bits per heavy atom. The van der Waals surface area contributed by atoms with Gasteiger partial charge in [0.1, 0.15) is 25.0 Å². The van der Waals surface area contributed by atoms with Crippen LogP contribution in [0.5, 0.6) is 5.75 Å². The number of aromatic nitrogens is 3. The van der Waals surface area contributed by atoms with Gasteiger partial charge in [-0.1, -0.05) is 17.7 Å². The van der Waals surface area contributed by atoms with Gasteiger partial charge in [0.05, 0.1) is 13.1 Å². The minimum atomic E-state index is -0.0204. The molecular formula is C14H18N4O2. The largest absolute Gasteiger partial charge is 0.492 e. The fourth-order valence-electron chi connectivity index (χ4n) is 1.65. The summed E-state index contributed by atoms with van der Waals surface area (Å²) in [6, 6.07) is 7.82. The lowest BCUT2D eigenvalue weighted by atomic mass is 10.2. The van der Waals surface area contributed by atoms with Crippen molar-refractivity contribution in [3.8, 4) is 5.75 Å². The molecule has 2 aromatic rings. The summed E-state index contributed by atoms with van der Waals surface area (Å²) in [7, 11) is 0. The third-order valence-corrected chi connectivity index (χ3v) is 2.75. The third-order valence-electron chi connectivity index (χ3n) is 2.75. The van der Waals surface area contributed by atoms with Crippen LogP contribution in [0.25, 0.3) is 0 Å². The van der Waals surface area contributed by atoms with Gasteiger partial charge in [0.2, 0.25) is 5.91 Å². The molecule has 1 aromatic carbocycles. The third kappa shape index (κ3) is 4.72. The van der Waals surface area contributed by atoms with E-state index in [0.29, 0.717) is 26.1 Å². The highest BCUT2D eigenvalue weighted by molar-refractivity contribution is 5.75. The summed E-state index contributed by atoms with van der Waals surface area (Å²) in [6.45, 7) is 3.51. The predicted molar refractivity (Wildman–Crippen MR) is 74.3 cm³/mol.